The predicted molar refractivity (Wildman–Crippen MR) is 136 cm³/mol. The molecule has 0 aliphatic heterocycles. The van der Waals surface area contributed by atoms with E-state index in [2.05, 4.69) is 48.5 Å². The monoisotopic (exact) mass is 470 g/mol. The number of thioether (sulfide) groups is 1. The molecule has 0 radical (unpaired) electrons. The van der Waals surface area contributed by atoms with Crippen LogP contribution >= 0.6 is 11.8 Å². The first-order valence-electron chi connectivity index (χ1n) is 12.0. The lowest BCUT2D eigenvalue weighted by Gasteiger charge is -2.19. The van der Waals surface area contributed by atoms with E-state index in [1.165, 1.54) is 69.4 Å². The van der Waals surface area contributed by atoms with Gasteiger partial charge in [-0.1, -0.05) is 80.3 Å². The molecule has 0 N–H and O–H groups in total. The van der Waals surface area contributed by atoms with Crippen LogP contribution in [0, 0.1) is 0 Å². The average molecular weight is 471 g/mol. The highest BCUT2D eigenvalue weighted by molar-refractivity contribution is 7.99. The second-order valence-corrected chi connectivity index (χ2v) is 9.58. The van der Waals surface area contributed by atoms with E-state index in [-0.39, 0.29) is 17.2 Å². The van der Waals surface area contributed by atoms with Gasteiger partial charge in [0.25, 0.3) is 0 Å². The Balaban J connectivity index is 1.78. The molecule has 0 aliphatic carbocycles. The molecule has 0 saturated carbocycles. The van der Waals surface area contributed by atoms with Crippen molar-refractivity contribution in [1.29, 1.82) is 0 Å². The third kappa shape index (κ3) is 10.9. The van der Waals surface area contributed by atoms with Crippen LogP contribution in [-0.2, 0) is 31.9 Å². The zero-order chi connectivity index (χ0) is 23.7. The number of ether oxygens (including phenoxy) is 2. The van der Waals surface area contributed by atoms with E-state index in [1.54, 1.807) is 11.8 Å². The Labute approximate surface area is 203 Å². The van der Waals surface area contributed by atoms with Crippen molar-refractivity contribution in [3.05, 3.63) is 71.3 Å². The number of unbranched alkanes of at least 4 members (excludes halogenated alkanes) is 5. The molecule has 1 atom stereocenters. The topological polar surface area (TPSA) is 52.6 Å². The fourth-order valence-corrected chi connectivity index (χ4v) is 5.18. The Morgan fingerprint density at radius 1 is 0.758 bits per heavy atom. The molecule has 33 heavy (non-hydrogen) atoms. The van der Waals surface area contributed by atoms with E-state index < -0.39 is 0 Å². The number of carbonyl (C=O) groups is 2. The van der Waals surface area contributed by atoms with Gasteiger partial charge >= 0.3 is 11.9 Å². The first-order valence-corrected chi connectivity index (χ1v) is 13.1. The van der Waals surface area contributed by atoms with E-state index in [4.69, 9.17) is 9.47 Å². The molecular formula is C28H38O4S. The van der Waals surface area contributed by atoms with Crippen LogP contribution in [0.2, 0.25) is 0 Å². The number of hydrogen-bond donors (Lipinski definition) is 0. The predicted octanol–water partition coefficient (Wildman–Crippen LogP) is 6.71. The molecule has 4 nitrogen and oxygen atoms in total. The Morgan fingerprint density at radius 3 is 2.06 bits per heavy atom. The quantitative estimate of drug-likeness (QED) is 0.201. The van der Waals surface area contributed by atoms with Gasteiger partial charge < -0.3 is 9.47 Å². The van der Waals surface area contributed by atoms with Crippen LogP contribution in [0.25, 0.3) is 0 Å². The Kier molecular flexibility index (Phi) is 13.4. The highest BCUT2D eigenvalue weighted by Gasteiger charge is 2.20. The van der Waals surface area contributed by atoms with Crippen molar-refractivity contribution in [2.24, 2.45) is 0 Å². The first kappa shape index (κ1) is 27.0. The van der Waals surface area contributed by atoms with Crippen LogP contribution in [0.3, 0.4) is 0 Å². The minimum absolute atomic E-state index is 0.0173. The summed E-state index contributed by atoms with van der Waals surface area (Å²) in [6.07, 6.45) is 10.3. The molecule has 1 unspecified atom stereocenters. The molecular weight excluding hydrogens is 432 g/mol. The number of aryl methyl sites for hydroxylation is 2. The maximum absolute atomic E-state index is 12.0. The Bertz CT molecular complexity index is 822. The second-order valence-electron chi connectivity index (χ2n) is 8.27. The van der Waals surface area contributed by atoms with Gasteiger partial charge in [0, 0.05) is 11.0 Å². The maximum Gasteiger partial charge on any atom is 0.306 e. The molecule has 2 aromatic rings. The first-order chi connectivity index (χ1) is 16.1. The fraction of sp³-hybridized carbons (Fsp3) is 0.500. The largest absolute Gasteiger partial charge is 0.469 e. The Morgan fingerprint density at radius 2 is 1.36 bits per heavy atom. The SMILES string of the molecule is COC(=O)CCSC(CC(=O)OC)c1ccccc1CCCCCCCCc1ccccc1. The lowest BCUT2D eigenvalue weighted by atomic mass is 9.97. The summed E-state index contributed by atoms with van der Waals surface area (Å²) in [5, 5.41) is -0.0173. The van der Waals surface area contributed by atoms with Crippen molar-refractivity contribution < 1.29 is 19.1 Å². The van der Waals surface area contributed by atoms with Gasteiger partial charge in [-0.3, -0.25) is 9.59 Å². The van der Waals surface area contributed by atoms with Crippen LogP contribution < -0.4 is 0 Å². The molecule has 0 spiro atoms. The van der Waals surface area contributed by atoms with Crippen LogP contribution in [-0.4, -0.2) is 31.9 Å². The van der Waals surface area contributed by atoms with E-state index in [9.17, 15) is 9.59 Å². The number of benzene rings is 2. The Hall–Kier alpha value is -2.27. The van der Waals surface area contributed by atoms with E-state index in [0.717, 1.165) is 12.8 Å². The minimum Gasteiger partial charge on any atom is -0.469 e. The number of esters is 2. The highest BCUT2D eigenvalue weighted by atomic mass is 32.2. The average Bonchev–Trinajstić information content (AvgIpc) is 2.85. The lowest BCUT2D eigenvalue weighted by Crippen LogP contribution is -2.10. The summed E-state index contributed by atoms with van der Waals surface area (Å²) in [4.78, 5) is 23.5. The minimum atomic E-state index is -0.226. The van der Waals surface area contributed by atoms with E-state index >= 15 is 0 Å². The number of carbonyl (C=O) groups excluding carboxylic acids is 2. The van der Waals surface area contributed by atoms with Gasteiger partial charge in [0.15, 0.2) is 0 Å². The third-order valence-electron chi connectivity index (χ3n) is 5.84. The smallest absolute Gasteiger partial charge is 0.306 e. The molecule has 0 aliphatic rings. The van der Waals surface area contributed by atoms with Gasteiger partial charge in [0.1, 0.15) is 0 Å². The lowest BCUT2D eigenvalue weighted by molar-refractivity contribution is -0.141. The molecule has 180 valence electrons. The molecule has 2 aromatic carbocycles. The second kappa shape index (κ2) is 16.4. The highest BCUT2D eigenvalue weighted by Crippen LogP contribution is 2.35. The van der Waals surface area contributed by atoms with Gasteiger partial charge in [-0.25, -0.2) is 0 Å². The molecule has 0 heterocycles. The summed E-state index contributed by atoms with van der Waals surface area (Å²) in [5.74, 6) is 0.165. The summed E-state index contributed by atoms with van der Waals surface area (Å²) in [6.45, 7) is 0. The molecule has 0 bridgehead atoms. The van der Waals surface area contributed by atoms with Crippen LogP contribution in [0.1, 0.15) is 73.3 Å². The molecule has 0 aromatic heterocycles. The third-order valence-corrected chi connectivity index (χ3v) is 7.10. The molecule has 2 rings (SSSR count). The van der Waals surface area contributed by atoms with Crippen molar-refractivity contribution >= 4 is 23.7 Å². The zero-order valence-corrected chi connectivity index (χ0v) is 20.9. The number of methoxy groups -OCH3 is 2. The standard InChI is InChI=1S/C28H38O4S/c1-31-27(29)20-21-33-26(22-28(30)32-2)25-19-13-12-18-24(25)17-11-6-4-3-5-8-14-23-15-9-7-10-16-23/h7,9-10,12-13,15-16,18-19,26H,3-6,8,11,14,17,20-22H2,1-2H3. The van der Waals surface area contributed by atoms with Crippen molar-refractivity contribution in [3.63, 3.8) is 0 Å². The summed E-state index contributed by atoms with van der Waals surface area (Å²) in [5.41, 5.74) is 3.90. The molecule has 5 heteroatoms. The van der Waals surface area contributed by atoms with Crippen molar-refractivity contribution in [3.8, 4) is 0 Å². The van der Waals surface area contributed by atoms with E-state index in [0.29, 0.717) is 18.6 Å². The normalized spacial score (nSPS) is 11.7. The summed E-state index contributed by atoms with van der Waals surface area (Å²) in [7, 11) is 2.82. The van der Waals surface area contributed by atoms with Crippen LogP contribution in [0.4, 0.5) is 0 Å². The van der Waals surface area contributed by atoms with Crippen LogP contribution in [0.15, 0.2) is 54.6 Å². The summed E-state index contributed by atoms with van der Waals surface area (Å²) < 4.78 is 9.66. The van der Waals surface area contributed by atoms with Crippen molar-refractivity contribution in [1.82, 2.24) is 0 Å². The van der Waals surface area contributed by atoms with Gasteiger partial charge in [0.2, 0.25) is 0 Å². The maximum atomic E-state index is 12.0. The molecule has 0 saturated heterocycles. The van der Waals surface area contributed by atoms with Crippen molar-refractivity contribution in [2.75, 3.05) is 20.0 Å². The summed E-state index contributed by atoms with van der Waals surface area (Å²) in [6, 6.07) is 19.1. The number of rotatable bonds is 16. The number of hydrogen-bond acceptors (Lipinski definition) is 5. The van der Waals surface area contributed by atoms with Gasteiger partial charge in [-0.15, -0.1) is 0 Å². The van der Waals surface area contributed by atoms with Gasteiger partial charge in [-0.2, -0.15) is 11.8 Å². The van der Waals surface area contributed by atoms with Gasteiger partial charge in [-0.05, 0) is 42.4 Å². The van der Waals surface area contributed by atoms with Crippen LogP contribution in [0.5, 0.6) is 0 Å². The molecule has 0 fully saturated rings. The fourth-order valence-electron chi connectivity index (χ4n) is 3.95. The molecule has 0 amide bonds. The van der Waals surface area contributed by atoms with Crippen molar-refractivity contribution in [2.45, 2.75) is 69.5 Å². The van der Waals surface area contributed by atoms with E-state index in [1.807, 2.05) is 6.07 Å². The summed E-state index contributed by atoms with van der Waals surface area (Å²) >= 11 is 1.63. The zero-order valence-electron chi connectivity index (χ0n) is 20.1. The van der Waals surface area contributed by atoms with Gasteiger partial charge in [0.05, 0.1) is 27.1 Å².